The number of carboxylic acids is 1. The Balaban J connectivity index is 3.13. The highest BCUT2D eigenvalue weighted by Crippen LogP contribution is 2.27. The molecule has 180 valence electrons. The van der Waals surface area contributed by atoms with Gasteiger partial charge >= 0.3 is 5.97 Å². The summed E-state index contributed by atoms with van der Waals surface area (Å²) in [5.41, 5.74) is -0.218. The molecule has 1 aliphatic heterocycles. The zero-order valence-electron chi connectivity index (χ0n) is 21.0. The Morgan fingerprint density at radius 2 is 1.74 bits per heavy atom. The fraction of sp³-hybridized carbons (Fsp3) is 0.833. The maximum Gasteiger partial charge on any atom is 0.331 e. The molecular formula is C24H45N3O4. The van der Waals surface area contributed by atoms with Gasteiger partial charge in [-0.1, -0.05) is 47.1 Å². The quantitative estimate of drug-likeness (QED) is 0.378. The van der Waals surface area contributed by atoms with Crippen LogP contribution in [0.1, 0.15) is 74.7 Å². The van der Waals surface area contributed by atoms with E-state index in [1.165, 1.54) is 0 Å². The van der Waals surface area contributed by atoms with Crippen molar-refractivity contribution in [1.29, 1.82) is 0 Å². The number of aliphatic carboxylic acids is 1. The van der Waals surface area contributed by atoms with Crippen molar-refractivity contribution in [2.24, 2.45) is 11.3 Å². The van der Waals surface area contributed by atoms with Gasteiger partial charge in [-0.15, -0.1) is 0 Å². The lowest BCUT2D eigenvalue weighted by Crippen LogP contribution is -2.62. The molecule has 7 heteroatoms. The predicted molar refractivity (Wildman–Crippen MR) is 125 cm³/mol. The van der Waals surface area contributed by atoms with E-state index in [2.05, 4.69) is 24.1 Å². The highest BCUT2D eigenvalue weighted by Gasteiger charge is 2.39. The third kappa shape index (κ3) is 7.58. The van der Waals surface area contributed by atoms with Crippen LogP contribution in [-0.4, -0.2) is 75.9 Å². The highest BCUT2D eigenvalue weighted by molar-refractivity contribution is 5.86. The van der Waals surface area contributed by atoms with E-state index in [0.717, 1.165) is 25.8 Å². The minimum Gasteiger partial charge on any atom is -0.478 e. The Labute approximate surface area is 188 Å². The monoisotopic (exact) mass is 439 g/mol. The molecule has 1 saturated heterocycles. The molecule has 0 bridgehead atoms. The van der Waals surface area contributed by atoms with E-state index >= 15 is 0 Å². The summed E-state index contributed by atoms with van der Waals surface area (Å²) < 4.78 is 0. The van der Waals surface area contributed by atoms with E-state index < -0.39 is 23.7 Å². The number of piperidine rings is 1. The maximum atomic E-state index is 13.6. The van der Waals surface area contributed by atoms with Crippen LogP contribution in [0.25, 0.3) is 0 Å². The Hall–Kier alpha value is -1.44. The van der Waals surface area contributed by atoms with Gasteiger partial charge in [0.05, 0.1) is 12.1 Å². The van der Waals surface area contributed by atoms with Gasteiger partial charge in [0.25, 0.3) is 0 Å². The van der Waals surface area contributed by atoms with Crippen molar-refractivity contribution in [3.63, 3.8) is 0 Å². The van der Waals surface area contributed by atoms with Crippen molar-refractivity contribution < 1.29 is 19.8 Å². The lowest BCUT2D eigenvalue weighted by Gasteiger charge is -2.44. The number of aliphatic hydroxyl groups is 1. The number of likely N-dealkylation sites (tertiary alicyclic amines) is 1. The summed E-state index contributed by atoms with van der Waals surface area (Å²) in [6, 6.07) is -0.674. The molecule has 31 heavy (non-hydrogen) atoms. The van der Waals surface area contributed by atoms with Gasteiger partial charge < -0.3 is 15.1 Å². The van der Waals surface area contributed by atoms with Crippen LogP contribution in [0.15, 0.2) is 11.6 Å². The minimum atomic E-state index is -0.988. The molecule has 1 heterocycles. The molecule has 4 atom stereocenters. The summed E-state index contributed by atoms with van der Waals surface area (Å²) in [5, 5.41) is 23.6. The van der Waals surface area contributed by atoms with E-state index in [1.807, 2.05) is 34.6 Å². The summed E-state index contributed by atoms with van der Waals surface area (Å²) >= 11 is 0. The topological polar surface area (TPSA) is 93.1 Å². The molecule has 7 nitrogen and oxygen atoms in total. The van der Waals surface area contributed by atoms with Crippen molar-refractivity contribution in [3.05, 3.63) is 11.6 Å². The lowest BCUT2D eigenvalue weighted by molar-refractivity contribution is -0.139. The van der Waals surface area contributed by atoms with Crippen LogP contribution in [0, 0.1) is 11.3 Å². The summed E-state index contributed by atoms with van der Waals surface area (Å²) in [6.45, 7) is 16.6. The Morgan fingerprint density at radius 3 is 2.19 bits per heavy atom. The number of hydrogen-bond donors (Lipinski definition) is 3. The van der Waals surface area contributed by atoms with Gasteiger partial charge in [0.15, 0.2) is 0 Å². The van der Waals surface area contributed by atoms with Gasteiger partial charge in [-0.25, -0.2) is 4.79 Å². The number of nitrogens with one attached hydrogen (secondary N) is 1. The van der Waals surface area contributed by atoms with Gasteiger partial charge in [0.1, 0.15) is 6.23 Å². The molecule has 0 aromatic rings. The molecule has 0 aromatic heterocycles. The summed E-state index contributed by atoms with van der Waals surface area (Å²) in [5.74, 6) is -1.09. The van der Waals surface area contributed by atoms with Crippen LogP contribution in [0.2, 0.25) is 0 Å². The van der Waals surface area contributed by atoms with Crippen LogP contribution < -0.4 is 5.32 Å². The van der Waals surface area contributed by atoms with Crippen LogP contribution in [0.4, 0.5) is 0 Å². The number of nitrogens with zero attached hydrogens (tertiary/aromatic N) is 2. The number of carboxylic acid groups (broad SMARTS) is 1. The van der Waals surface area contributed by atoms with Gasteiger partial charge in [0.2, 0.25) is 5.91 Å². The lowest BCUT2D eigenvalue weighted by atomic mass is 9.84. The molecule has 1 amide bonds. The van der Waals surface area contributed by atoms with Crippen LogP contribution in [0.3, 0.4) is 0 Å². The van der Waals surface area contributed by atoms with Gasteiger partial charge in [0, 0.05) is 24.7 Å². The number of rotatable bonds is 9. The number of hydrogen-bond acceptors (Lipinski definition) is 5. The van der Waals surface area contributed by atoms with E-state index in [4.69, 9.17) is 0 Å². The number of likely N-dealkylation sites (N-methyl/N-ethyl adjacent to an activating group) is 1. The average molecular weight is 440 g/mol. The zero-order chi connectivity index (χ0) is 24.1. The molecule has 0 saturated carbocycles. The largest absolute Gasteiger partial charge is 0.478 e. The first-order chi connectivity index (χ1) is 14.2. The molecule has 1 rings (SSSR count). The van der Waals surface area contributed by atoms with E-state index in [9.17, 15) is 19.8 Å². The van der Waals surface area contributed by atoms with Crippen LogP contribution in [-0.2, 0) is 9.59 Å². The minimum absolute atomic E-state index is 0.0354. The van der Waals surface area contributed by atoms with Gasteiger partial charge in [-0.05, 0) is 51.5 Å². The number of amides is 1. The second-order valence-electron chi connectivity index (χ2n) is 10.6. The van der Waals surface area contributed by atoms with Crippen molar-refractivity contribution in [1.82, 2.24) is 15.1 Å². The fourth-order valence-corrected chi connectivity index (χ4v) is 4.36. The highest BCUT2D eigenvalue weighted by atomic mass is 16.4. The first-order valence-corrected chi connectivity index (χ1v) is 11.6. The molecule has 2 unspecified atom stereocenters. The third-order valence-electron chi connectivity index (χ3n) is 6.31. The van der Waals surface area contributed by atoms with E-state index in [1.54, 1.807) is 24.9 Å². The van der Waals surface area contributed by atoms with Crippen LogP contribution in [0.5, 0.6) is 0 Å². The molecule has 0 aliphatic carbocycles. The molecule has 0 radical (unpaired) electrons. The maximum absolute atomic E-state index is 13.6. The van der Waals surface area contributed by atoms with Crippen molar-refractivity contribution in [2.75, 3.05) is 13.6 Å². The number of carbonyl (C=O) groups is 2. The second kappa shape index (κ2) is 11.4. The SMILES string of the molecule is C/C(=C\[C@H](C(C)C)N(C)C(=O)[C@@H](NC(O)C1CCCCN1C(C)C)C(C)(C)C)C(=O)O. The third-order valence-corrected chi connectivity index (χ3v) is 6.31. The molecule has 1 fully saturated rings. The van der Waals surface area contributed by atoms with Crippen molar-refractivity contribution in [2.45, 2.75) is 105 Å². The molecule has 0 spiro atoms. The first-order valence-electron chi connectivity index (χ1n) is 11.6. The van der Waals surface area contributed by atoms with Crippen molar-refractivity contribution >= 4 is 11.9 Å². The molecule has 1 aliphatic rings. The van der Waals surface area contributed by atoms with E-state index in [0.29, 0.717) is 6.04 Å². The number of carbonyl (C=O) groups excluding carboxylic acids is 1. The standard InChI is InChI=1S/C24H45N3O4/c1-15(2)19(14-17(5)23(30)31)26(9)22(29)20(24(6,7)8)25-21(28)18-12-10-11-13-27(18)16(3)4/h14-16,18-21,25,28H,10-13H2,1-9H3,(H,30,31)/b17-14+/t18?,19-,20-,21?/m1/s1. The van der Waals surface area contributed by atoms with E-state index in [-0.39, 0.29) is 29.5 Å². The van der Waals surface area contributed by atoms with Crippen molar-refractivity contribution in [3.8, 4) is 0 Å². The Bertz CT molecular complexity index is 639. The predicted octanol–water partition coefficient (Wildman–Crippen LogP) is 3.09. The molecule has 0 aromatic carbocycles. The second-order valence-corrected chi connectivity index (χ2v) is 10.6. The molecule has 3 N–H and O–H groups in total. The Kier molecular flexibility index (Phi) is 10.2. The molecular weight excluding hydrogens is 394 g/mol. The average Bonchev–Trinajstić information content (AvgIpc) is 2.67. The first kappa shape index (κ1) is 27.6. The fourth-order valence-electron chi connectivity index (χ4n) is 4.36. The summed E-state index contributed by atoms with van der Waals surface area (Å²) in [6.07, 6.45) is 3.90. The van der Waals surface area contributed by atoms with Gasteiger partial charge in [-0.2, -0.15) is 0 Å². The Morgan fingerprint density at radius 1 is 1.16 bits per heavy atom. The summed E-state index contributed by atoms with van der Waals surface area (Å²) in [4.78, 5) is 28.8. The normalized spacial score (nSPS) is 21.8. The smallest absolute Gasteiger partial charge is 0.331 e. The number of aliphatic hydroxyl groups excluding tert-OH is 1. The zero-order valence-corrected chi connectivity index (χ0v) is 21.0. The summed E-state index contributed by atoms with van der Waals surface area (Å²) in [7, 11) is 1.71. The van der Waals surface area contributed by atoms with Gasteiger partial charge in [-0.3, -0.25) is 15.0 Å². The van der Waals surface area contributed by atoms with Crippen LogP contribution >= 0.6 is 0 Å².